The number of guanidine groups is 1. The number of amides is 3. The number of rotatable bonds is 25. The number of hydrogen-bond acceptors (Lipinski definition) is 13. The SMILES string of the molecule is Cc1ccc(C(NCCCCC(NC(=O)C(N)[C@@H](C)OC(C)(C)C)C(=O)N2CCCC2C(=O)N2CCCC2C(=O)CC(CCCN=C(N)NS(=O)(=O)c2c(C)c(C)c3c(c2C)CCC(C)(C)O3)C(=O)OC(C)(C)C)(c2ccccc2)c2ccccc2)cc1. The van der Waals surface area contributed by atoms with E-state index in [0.29, 0.717) is 68.4 Å². The third-order valence-corrected chi connectivity index (χ3v) is 18.9. The summed E-state index contributed by atoms with van der Waals surface area (Å²) in [6.07, 6.45) is 4.13. The Morgan fingerprint density at radius 1 is 0.761 bits per heavy atom. The van der Waals surface area contributed by atoms with Crippen molar-refractivity contribution in [3.8, 4) is 5.75 Å². The zero-order valence-electron chi connectivity index (χ0n) is 54.3. The first-order chi connectivity index (χ1) is 41.3. The topological polar surface area (TPSA) is 254 Å². The number of fused-ring (bicyclic) bond motifs is 1. The molecule has 0 aliphatic carbocycles. The number of likely N-dealkylation sites (tertiary alicyclic amines) is 2. The Balaban J connectivity index is 1.04. The maximum atomic E-state index is 15.1. The van der Waals surface area contributed by atoms with Gasteiger partial charge in [0.05, 0.1) is 34.1 Å². The largest absolute Gasteiger partial charge is 0.487 e. The van der Waals surface area contributed by atoms with Crippen molar-refractivity contribution in [2.45, 2.75) is 225 Å². The molecule has 7 N–H and O–H groups in total. The van der Waals surface area contributed by atoms with E-state index in [9.17, 15) is 27.6 Å². The first-order valence-corrected chi connectivity index (χ1v) is 33.0. The van der Waals surface area contributed by atoms with Gasteiger partial charge in [-0.25, -0.2) is 13.1 Å². The average molecular weight is 1230 g/mol. The molecule has 18 nitrogen and oxygen atoms in total. The Hall–Kier alpha value is -6.67. The van der Waals surface area contributed by atoms with Crippen molar-refractivity contribution in [1.82, 2.24) is 25.2 Å². The predicted molar refractivity (Wildman–Crippen MR) is 344 cm³/mol. The van der Waals surface area contributed by atoms with Gasteiger partial charge in [-0.2, -0.15) is 0 Å². The van der Waals surface area contributed by atoms with E-state index in [-0.39, 0.29) is 73.5 Å². The Morgan fingerprint density at radius 2 is 1.35 bits per heavy atom. The van der Waals surface area contributed by atoms with Crippen molar-refractivity contribution in [2.24, 2.45) is 22.4 Å². The molecule has 3 heterocycles. The van der Waals surface area contributed by atoms with Gasteiger partial charge in [0.25, 0.3) is 10.0 Å². The van der Waals surface area contributed by atoms with Crippen LogP contribution in [-0.4, -0.2) is 127 Å². The lowest BCUT2D eigenvalue weighted by Gasteiger charge is -2.37. The lowest BCUT2D eigenvalue weighted by atomic mass is 9.76. The summed E-state index contributed by atoms with van der Waals surface area (Å²) in [7, 11) is -4.16. The number of unbranched alkanes of at least 4 members (excludes halogenated alkanes) is 1. The number of Topliss-reactive ketones (excluding diaryl/α,β-unsaturated/α-hetero) is 1. The van der Waals surface area contributed by atoms with Crippen molar-refractivity contribution in [2.75, 3.05) is 26.2 Å². The Morgan fingerprint density at radius 3 is 1.95 bits per heavy atom. The molecule has 6 atom stereocenters. The van der Waals surface area contributed by atoms with E-state index in [1.807, 2.05) is 77.9 Å². The van der Waals surface area contributed by atoms with E-state index in [1.165, 1.54) is 0 Å². The van der Waals surface area contributed by atoms with Crippen LogP contribution in [0.4, 0.5) is 0 Å². The van der Waals surface area contributed by atoms with Crippen molar-refractivity contribution in [3.63, 3.8) is 0 Å². The molecular weight excluding hydrogens is 1130 g/mol. The zero-order chi connectivity index (χ0) is 64.5. The van der Waals surface area contributed by atoms with Gasteiger partial charge in [0, 0.05) is 26.1 Å². The molecule has 0 aromatic heterocycles. The number of carbonyl (C=O) groups is 5. The van der Waals surface area contributed by atoms with Gasteiger partial charge in [-0.15, -0.1) is 0 Å². The highest BCUT2D eigenvalue weighted by Crippen LogP contribution is 2.43. The van der Waals surface area contributed by atoms with Crippen molar-refractivity contribution >= 4 is 45.5 Å². The molecule has 0 bridgehead atoms. The Kier molecular flexibility index (Phi) is 22.6. The molecule has 4 aromatic carbocycles. The molecule has 4 aromatic rings. The highest BCUT2D eigenvalue weighted by molar-refractivity contribution is 7.90. The maximum Gasteiger partial charge on any atom is 0.309 e. The minimum absolute atomic E-state index is 0.0384. The number of ether oxygens (including phenoxy) is 3. The highest BCUT2D eigenvalue weighted by atomic mass is 32.2. The van der Waals surface area contributed by atoms with Crippen LogP contribution in [0.1, 0.15) is 177 Å². The van der Waals surface area contributed by atoms with Crippen LogP contribution < -0.4 is 31.6 Å². The number of benzene rings is 4. The van der Waals surface area contributed by atoms with E-state index in [0.717, 1.165) is 39.8 Å². The van der Waals surface area contributed by atoms with Crippen LogP contribution >= 0.6 is 0 Å². The molecule has 2 fully saturated rings. The molecule has 88 heavy (non-hydrogen) atoms. The summed E-state index contributed by atoms with van der Waals surface area (Å²) in [4.78, 5) is 80.0. The molecule has 3 aliphatic rings. The second-order valence-electron chi connectivity index (χ2n) is 27.0. The van der Waals surface area contributed by atoms with E-state index in [2.05, 4.69) is 75.8 Å². The molecule has 5 unspecified atom stereocenters. The molecule has 0 radical (unpaired) electrons. The summed E-state index contributed by atoms with van der Waals surface area (Å²) < 4.78 is 48.5. The third-order valence-electron chi connectivity index (χ3n) is 17.3. The van der Waals surface area contributed by atoms with E-state index in [4.69, 9.17) is 25.7 Å². The lowest BCUT2D eigenvalue weighted by molar-refractivity contribution is -0.161. The van der Waals surface area contributed by atoms with Gasteiger partial charge in [-0.1, -0.05) is 90.5 Å². The number of nitrogens with two attached hydrogens (primary N) is 2. The Bertz CT molecular complexity index is 3210. The summed E-state index contributed by atoms with van der Waals surface area (Å²) in [5.41, 5.74) is 17.3. The van der Waals surface area contributed by atoms with Crippen LogP contribution in [0.3, 0.4) is 0 Å². The van der Waals surface area contributed by atoms with Crippen LogP contribution in [-0.2, 0) is 55.4 Å². The highest BCUT2D eigenvalue weighted by Gasteiger charge is 2.45. The Labute approximate surface area is 523 Å². The number of hydrogen-bond donors (Lipinski definition) is 5. The number of nitrogens with one attached hydrogen (secondary N) is 3. The predicted octanol–water partition coefficient (Wildman–Crippen LogP) is 9.06. The summed E-state index contributed by atoms with van der Waals surface area (Å²) in [5, 5.41) is 6.92. The van der Waals surface area contributed by atoms with Crippen LogP contribution in [0.15, 0.2) is 94.8 Å². The summed E-state index contributed by atoms with van der Waals surface area (Å²) in [6.45, 7) is 25.2. The molecule has 0 saturated carbocycles. The van der Waals surface area contributed by atoms with Crippen LogP contribution in [0.5, 0.6) is 5.75 Å². The second-order valence-corrected chi connectivity index (χ2v) is 28.6. The summed E-state index contributed by atoms with van der Waals surface area (Å²) in [6, 6.07) is 25.3. The maximum absolute atomic E-state index is 15.1. The van der Waals surface area contributed by atoms with Crippen molar-refractivity contribution in [1.29, 1.82) is 0 Å². The first kappa shape index (κ1) is 68.8. The fourth-order valence-electron chi connectivity index (χ4n) is 12.7. The standard InChI is InChI=1S/C69H98N8O10S/c1-44-33-35-52(36-34-44)69(50-26-16-14-17-27-50,51-28-18-15-19-29-51)73-40-21-20-30-54(74-61(79)58(70)48(5)85-66(6,7)8)62(80)77-42-24-32-56(77)63(81)76-41-23-31-55(76)57(78)43-49(64(82)87-67(9,10)11)25-22-39-72-65(71)75-88(83,84)60-46(3)45(2)59-53(47(60)4)37-38-68(12,13)86-59/h14-19,26-29,33-36,48-49,54-56,58,73H,20-25,30-32,37-43,70H2,1-13H3,(H,74,79)(H3,71,72,75)/t48-,49?,54?,55?,56?,58?/m1/s1. The molecular formula is C69H98N8O10S. The van der Waals surface area contributed by atoms with Gasteiger partial charge >= 0.3 is 5.97 Å². The number of nitrogens with zero attached hydrogens (tertiary/aromatic N) is 3. The first-order valence-electron chi connectivity index (χ1n) is 31.5. The van der Waals surface area contributed by atoms with Gasteiger partial charge in [-0.05, 0) is 206 Å². The van der Waals surface area contributed by atoms with Crippen molar-refractivity contribution < 1.29 is 46.6 Å². The fourth-order valence-corrected chi connectivity index (χ4v) is 14.2. The number of ketones is 1. The quantitative estimate of drug-likeness (QED) is 0.0137. The lowest BCUT2D eigenvalue weighted by Crippen LogP contribution is -2.58. The monoisotopic (exact) mass is 1230 g/mol. The molecule has 19 heteroatoms. The summed E-state index contributed by atoms with van der Waals surface area (Å²) in [5.74, 6) is -2.70. The molecule has 2 saturated heterocycles. The van der Waals surface area contributed by atoms with Gasteiger partial charge < -0.3 is 40.8 Å². The molecule has 0 spiro atoms. The summed E-state index contributed by atoms with van der Waals surface area (Å²) >= 11 is 0. The normalized spacial score (nSPS) is 18.6. The third kappa shape index (κ3) is 17.0. The van der Waals surface area contributed by atoms with Crippen LogP contribution in [0, 0.1) is 33.6 Å². The number of sulfonamides is 1. The number of carbonyl (C=O) groups excluding carboxylic acids is 5. The fraction of sp³-hybridized carbons (Fsp3) is 0.565. The van der Waals surface area contributed by atoms with E-state index in [1.54, 1.807) is 51.3 Å². The minimum Gasteiger partial charge on any atom is -0.487 e. The van der Waals surface area contributed by atoms with Crippen LogP contribution in [0.2, 0.25) is 0 Å². The van der Waals surface area contributed by atoms with Gasteiger partial charge in [0.15, 0.2) is 5.78 Å². The van der Waals surface area contributed by atoms with Crippen LogP contribution in [0.25, 0.3) is 0 Å². The average Bonchev–Trinajstić information content (AvgIpc) is 1.25. The number of esters is 1. The smallest absolute Gasteiger partial charge is 0.309 e. The molecule has 480 valence electrons. The number of aryl methyl sites for hydroxylation is 1. The molecule has 3 aliphatic heterocycles. The molecule has 7 rings (SSSR count). The van der Waals surface area contributed by atoms with Crippen molar-refractivity contribution in [3.05, 3.63) is 129 Å². The van der Waals surface area contributed by atoms with Gasteiger partial charge in [0.2, 0.25) is 23.7 Å². The van der Waals surface area contributed by atoms with Gasteiger partial charge in [0.1, 0.15) is 35.1 Å². The zero-order valence-corrected chi connectivity index (χ0v) is 55.2. The van der Waals surface area contributed by atoms with E-state index >= 15 is 4.79 Å². The second kappa shape index (κ2) is 28.9. The van der Waals surface area contributed by atoms with Gasteiger partial charge in [-0.3, -0.25) is 34.3 Å². The minimum atomic E-state index is -4.16. The molecule has 3 amide bonds. The number of aliphatic imine (C=N–C) groups is 1. The van der Waals surface area contributed by atoms with E-state index < -0.39 is 80.7 Å².